The quantitative estimate of drug-likeness (QED) is 0.733. The number of nitrogens with one attached hydrogen (secondary N) is 1. The molecule has 0 radical (unpaired) electrons. The molecule has 2 rings (SSSR count). The van der Waals surface area contributed by atoms with Gasteiger partial charge in [0.1, 0.15) is 12.2 Å². The van der Waals surface area contributed by atoms with Crippen LogP contribution in [0.1, 0.15) is 12.7 Å². The summed E-state index contributed by atoms with van der Waals surface area (Å²) in [4.78, 5) is 3.75. The fourth-order valence-corrected chi connectivity index (χ4v) is 2.88. The Labute approximate surface area is 110 Å². The summed E-state index contributed by atoms with van der Waals surface area (Å²) in [6.45, 7) is 2.62. The number of hydrogen-bond acceptors (Lipinski definition) is 6. The second-order valence-electron chi connectivity index (χ2n) is 3.90. The molecule has 0 atom stereocenters. The maximum atomic E-state index is 12.1. The molecule has 104 valence electrons. The van der Waals surface area contributed by atoms with E-state index in [-0.39, 0.29) is 17.4 Å². The highest BCUT2D eigenvalue weighted by atomic mass is 32.2. The lowest BCUT2D eigenvalue weighted by atomic mass is 10.6. The lowest BCUT2D eigenvalue weighted by Crippen LogP contribution is -2.27. The van der Waals surface area contributed by atoms with Crippen LogP contribution < -0.4 is 10.5 Å². The van der Waals surface area contributed by atoms with Crippen LogP contribution in [0.3, 0.4) is 0 Å². The van der Waals surface area contributed by atoms with Gasteiger partial charge in [0.15, 0.2) is 10.8 Å². The van der Waals surface area contributed by atoms with Gasteiger partial charge in [-0.15, -0.1) is 10.2 Å². The molecule has 0 spiro atoms. The largest absolute Gasteiger partial charge is 0.381 e. The molecule has 0 saturated heterocycles. The molecule has 10 heteroatoms. The van der Waals surface area contributed by atoms with Crippen molar-refractivity contribution in [3.05, 3.63) is 18.5 Å². The van der Waals surface area contributed by atoms with Gasteiger partial charge < -0.3 is 14.9 Å². The smallest absolute Gasteiger partial charge is 0.260 e. The van der Waals surface area contributed by atoms with Crippen LogP contribution in [0.4, 0.5) is 5.82 Å². The fraction of sp³-hybridized carbons (Fsp3) is 0.444. The molecule has 0 aliphatic carbocycles. The minimum Gasteiger partial charge on any atom is -0.381 e. The first kappa shape index (κ1) is 13.5. The van der Waals surface area contributed by atoms with Crippen LogP contribution in [0, 0.1) is 0 Å². The molecule has 9 nitrogen and oxygen atoms in total. The lowest BCUT2D eigenvalue weighted by molar-refractivity contribution is 0.566. The first-order valence-electron chi connectivity index (χ1n) is 5.59. The Hall–Kier alpha value is -1.94. The Kier molecular flexibility index (Phi) is 3.53. The highest BCUT2D eigenvalue weighted by Crippen LogP contribution is 2.15. The number of nitrogen functional groups attached to an aromatic ring is 1. The molecule has 0 unspecified atom stereocenters. The average Bonchev–Trinajstić information content (AvgIpc) is 2.93. The van der Waals surface area contributed by atoms with Gasteiger partial charge in [-0.2, -0.15) is 0 Å². The summed E-state index contributed by atoms with van der Waals surface area (Å²) in [7, 11) is -2.17. The number of aromatic nitrogens is 5. The minimum absolute atomic E-state index is 0.0352. The van der Waals surface area contributed by atoms with Gasteiger partial charge >= 0.3 is 0 Å². The Bertz CT molecular complexity index is 653. The van der Waals surface area contributed by atoms with Gasteiger partial charge in [0, 0.05) is 13.6 Å². The van der Waals surface area contributed by atoms with E-state index in [0.717, 1.165) is 0 Å². The summed E-state index contributed by atoms with van der Waals surface area (Å²) in [6.07, 6.45) is 2.89. The number of sulfonamides is 1. The third kappa shape index (κ3) is 2.58. The first-order chi connectivity index (χ1) is 8.95. The van der Waals surface area contributed by atoms with Crippen LogP contribution in [0.5, 0.6) is 0 Å². The van der Waals surface area contributed by atoms with Crippen LogP contribution in [0.2, 0.25) is 0 Å². The van der Waals surface area contributed by atoms with Gasteiger partial charge in [-0.05, 0) is 6.92 Å². The zero-order chi connectivity index (χ0) is 14.0. The highest BCUT2D eigenvalue weighted by Gasteiger charge is 2.22. The van der Waals surface area contributed by atoms with Crippen molar-refractivity contribution >= 4 is 15.8 Å². The Morgan fingerprint density at radius 1 is 1.42 bits per heavy atom. The molecule has 0 aliphatic heterocycles. The maximum absolute atomic E-state index is 12.1. The molecule has 3 N–H and O–H groups in total. The molecule has 19 heavy (non-hydrogen) atoms. The number of imidazole rings is 1. The Morgan fingerprint density at radius 3 is 2.74 bits per heavy atom. The van der Waals surface area contributed by atoms with Crippen molar-refractivity contribution in [3.8, 4) is 0 Å². The number of hydrogen-bond donors (Lipinski definition) is 2. The summed E-state index contributed by atoms with van der Waals surface area (Å²) < 4.78 is 29.8. The first-order valence-corrected chi connectivity index (χ1v) is 7.07. The summed E-state index contributed by atoms with van der Waals surface area (Å²) in [5.74, 6) is 0.499. The van der Waals surface area contributed by atoms with Gasteiger partial charge in [-0.3, -0.25) is 0 Å². The van der Waals surface area contributed by atoms with Crippen molar-refractivity contribution in [2.45, 2.75) is 25.0 Å². The predicted octanol–water partition coefficient (Wildman–Crippen LogP) is -0.908. The topological polar surface area (TPSA) is 121 Å². The van der Waals surface area contributed by atoms with E-state index in [2.05, 4.69) is 19.9 Å². The maximum Gasteiger partial charge on any atom is 0.260 e. The molecule has 2 aromatic heterocycles. The van der Waals surface area contributed by atoms with Gasteiger partial charge in [0.05, 0.1) is 12.9 Å². The molecular weight excluding hydrogens is 270 g/mol. The summed E-state index contributed by atoms with van der Waals surface area (Å²) >= 11 is 0. The van der Waals surface area contributed by atoms with E-state index >= 15 is 0 Å². The number of aryl methyl sites for hydroxylation is 2. The van der Waals surface area contributed by atoms with Gasteiger partial charge in [-0.25, -0.2) is 18.1 Å². The zero-order valence-corrected chi connectivity index (χ0v) is 11.4. The minimum atomic E-state index is -3.74. The van der Waals surface area contributed by atoms with Crippen LogP contribution in [-0.4, -0.2) is 32.7 Å². The van der Waals surface area contributed by atoms with Crippen LogP contribution in [-0.2, 0) is 30.2 Å². The van der Waals surface area contributed by atoms with E-state index in [9.17, 15) is 8.42 Å². The molecule has 0 bridgehead atoms. The van der Waals surface area contributed by atoms with E-state index in [1.165, 1.54) is 10.9 Å². The number of nitrogens with zero attached hydrogens (tertiary/aromatic N) is 5. The van der Waals surface area contributed by atoms with Crippen molar-refractivity contribution < 1.29 is 8.42 Å². The molecule has 0 amide bonds. The summed E-state index contributed by atoms with van der Waals surface area (Å²) in [5.41, 5.74) is 5.55. The van der Waals surface area contributed by atoms with Crippen molar-refractivity contribution in [2.75, 3.05) is 5.73 Å². The van der Waals surface area contributed by atoms with Crippen LogP contribution in [0.15, 0.2) is 17.7 Å². The third-order valence-electron chi connectivity index (χ3n) is 2.62. The van der Waals surface area contributed by atoms with Crippen molar-refractivity contribution in [1.82, 2.24) is 29.0 Å². The molecule has 0 aliphatic rings. The van der Waals surface area contributed by atoms with Crippen molar-refractivity contribution in [3.63, 3.8) is 0 Å². The molecular formula is C9H15N7O2S. The van der Waals surface area contributed by atoms with Crippen molar-refractivity contribution in [1.29, 1.82) is 0 Å². The van der Waals surface area contributed by atoms with Gasteiger partial charge in [-0.1, -0.05) is 0 Å². The normalized spacial score (nSPS) is 11.9. The van der Waals surface area contributed by atoms with E-state index in [1.807, 2.05) is 6.92 Å². The standard InChI is InChI=1S/C9H15N7O2S/c1-3-16-6-12-14-7(16)4-13-19(17,18)9-8(10)11-5-15(9)2/h5-6,13H,3-4,10H2,1-2H3. The SMILES string of the molecule is CCn1cnnc1CNS(=O)(=O)c1c(N)ncn1C. The van der Waals surface area contributed by atoms with Crippen LogP contribution in [0.25, 0.3) is 0 Å². The zero-order valence-electron chi connectivity index (χ0n) is 10.6. The number of anilines is 1. The Morgan fingerprint density at radius 2 is 2.16 bits per heavy atom. The third-order valence-corrected chi connectivity index (χ3v) is 4.15. The molecule has 0 fully saturated rings. The highest BCUT2D eigenvalue weighted by molar-refractivity contribution is 7.89. The van der Waals surface area contributed by atoms with E-state index < -0.39 is 10.0 Å². The summed E-state index contributed by atoms with van der Waals surface area (Å²) in [5, 5.41) is 7.52. The molecule has 0 aromatic carbocycles. The van der Waals surface area contributed by atoms with Gasteiger partial charge in [0.25, 0.3) is 10.0 Å². The second kappa shape index (κ2) is 4.97. The molecule has 2 heterocycles. The monoisotopic (exact) mass is 285 g/mol. The van der Waals surface area contributed by atoms with E-state index in [1.54, 1.807) is 17.9 Å². The van der Waals surface area contributed by atoms with E-state index in [0.29, 0.717) is 12.4 Å². The second-order valence-corrected chi connectivity index (χ2v) is 5.59. The number of rotatable bonds is 5. The Balaban J connectivity index is 2.19. The number of nitrogens with two attached hydrogens (primary N) is 1. The fourth-order valence-electron chi connectivity index (χ4n) is 1.67. The lowest BCUT2D eigenvalue weighted by Gasteiger charge is -2.08. The molecule has 0 saturated carbocycles. The summed E-state index contributed by atoms with van der Waals surface area (Å²) in [6, 6.07) is 0. The van der Waals surface area contributed by atoms with Gasteiger partial charge in [0.2, 0.25) is 0 Å². The van der Waals surface area contributed by atoms with Crippen molar-refractivity contribution in [2.24, 2.45) is 7.05 Å². The average molecular weight is 285 g/mol. The van der Waals surface area contributed by atoms with E-state index in [4.69, 9.17) is 5.73 Å². The van der Waals surface area contributed by atoms with Crippen LogP contribution >= 0.6 is 0 Å². The predicted molar refractivity (Wildman–Crippen MR) is 67.3 cm³/mol. The molecule has 2 aromatic rings.